The number of aromatic nitrogens is 2. The third kappa shape index (κ3) is 5.42. The summed E-state index contributed by atoms with van der Waals surface area (Å²) in [4.78, 5) is 25.4. The lowest BCUT2D eigenvalue weighted by molar-refractivity contribution is -0.137. The van der Waals surface area contributed by atoms with E-state index in [4.69, 9.17) is 0 Å². The van der Waals surface area contributed by atoms with Crippen LogP contribution >= 0.6 is 0 Å². The number of hydrogen-bond acceptors (Lipinski definition) is 5. The van der Waals surface area contributed by atoms with E-state index >= 15 is 0 Å². The van der Waals surface area contributed by atoms with Crippen LogP contribution in [0.5, 0.6) is 0 Å². The molecule has 0 unspecified atom stereocenters. The molecule has 1 amide bonds. The molecule has 0 saturated carbocycles. The van der Waals surface area contributed by atoms with Gasteiger partial charge in [-0.05, 0) is 42.0 Å². The fourth-order valence-corrected chi connectivity index (χ4v) is 3.57. The molecular weight excluding hydrogens is 419 g/mol. The third-order valence-electron chi connectivity index (χ3n) is 5.28. The third-order valence-corrected chi connectivity index (χ3v) is 5.28. The molecule has 1 aliphatic rings. The topological polar surface area (TPSA) is 61.4 Å². The Morgan fingerprint density at radius 1 is 1.00 bits per heavy atom. The fourth-order valence-electron chi connectivity index (χ4n) is 3.57. The second kappa shape index (κ2) is 9.35. The van der Waals surface area contributed by atoms with Gasteiger partial charge in [-0.25, -0.2) is 4.98 Å². The van der Waals surface area contributed by atoms with Gasteiger partial charge in [0, 0.05) is 50.7 Å². The van der Waals surface area contributed by atoms with E-state index in [9.17, 15) is 18.0 Å². The Morgan fingerprint density at radius 2 is 1.81 bits per heavy atom. The smallest absolute Gasteiger partial charge is 0.354 e. The average Bonchev–Trinajstić information content (AvgIpc) is 2.80. The maximum atomic E-state index is 12.9. The summed E-state index contributed by atoms with van der Waals surface area (Å²) in [5, 5.41) is 2.60. The van der Waals surface area contributed by atoms with Gasteiger partial charge in [-0.2, -0.15) is 13.2 Å². The second-order valence-corrected chi connectivity index (χ2v) is 7.56. The molecule has 0 radical (unpaired) electrons. The number of rotatable bonds is 5. The molecule has 0 bridgehead atoms. The number of piperazine rings is 1. The summed E-state index contributed by atoms with van der Waals surface area (Å²) in [5.74, 6) is 0.178. The molecule has 0 aliphatic carbocycles. The largest absolute Gasteiger partial charge is 0.416 e. The molecule has 3 heterocycles. The van der Waals surface area contributed by atoms with Gasteiger partial charge in [0.05, 0.1) is 17.4 Å². The van der Waals surface area contributed by atoms with Gasteiger partial charge in [-0.1, -0.05) is 12.1 Å². The Balaban J connectivity index is 1.32. The molecule has 2 aromatic heterocycles. The monoisotopic (exact) mass is 441 g/mol. The number of nitrogens with one attached hydrogen (secondary N) is 1. The maximum absolute atomic E-state index is 12.9. The zero-order chi connectivity index (χ0) is 22.6. The minimum absolute atomic E-state index is 0.0614. The van der Waals surface area contributed by atoms with Gasteiger partial charge < -0.3 is 10.2 Å². The summed E-state index contributed by atoms with van der Waals surface area (Å²) in [7, 11) is 0. The Labute approximate surface area is 183 Å². The first-order valence-electron chi connectivity index (χ1n) is 10.2. The standard InChI is InChI=1S/C23H22F3N5O/c24-23(25,26)19-5-1-4-18(13-19)22(32)29-20-6-7-21(28-15-20)31-11-9-30(10-12-31)16-17-3-2-8-27-14-17/h1-8,13-15H,9-12,16H2,(H,29,32). The molecule has 6 nitrogen and oxygen atoms in total. The summed E-state index contributed by atoms with van der Waals surface area (Å²) in [5.41, 5.74) is 0.682. The van der Waals surface area contributed by atoms with Crippen LogP contribution < -0.4 is 10.2 Å². The lowest BCUT2D eigenvalue weighted by Crippen LogP contribution is -2.46. The highest BCUT2D eigenvalue weighted by atomic mass is 19.4. The zero-order valence-corrected chi connectivity index (χ0v) is 17.2. The van der Waals surface area contributed by atoms with Crippen molar-refractivity contribution in [2.75, 3.05) is 36.4 Å². The predicted molar refractivity (Wildman–Crippen MR) is 115 cm³/mol. The highest BCUT2D eigenvalue weighted by Gasteiger charge is 2.30. The van der Waals surface area contributed by atoms with Crippen LogP contribution in [0.1, 0.15) is 21.5 Å². The molecule has 9 heteroatoms. The van der Waals surface area contributed by atoms with E-state index < -0.39 is 17.6 Å². The lowest BCUT2D eigenvalue weighted by Gasteiger charge is -2.35. The van der Waals surface area contributed by atoms with Crippen molar-refractivity contribution >= 4 is 17.4 Å². The van der Waals surface area contributed by atoms with Gasteiger partial charge in [0.15, 0.2) is 0 Å². The maximum Gasteiger partial charge on any atom is 0.416 e. The zero-order valence-electron chi connectivity index (χ0n) is 17.2. The van der Waals surface area contributed by atoms with E-state index in [1.807, 2.05) is 12.3 Å². The Morgan fingerprint density at radius 3 is 2.47 bits per heavy atom. The van der Waals surface area contributed by atoms with Gasteiger partial charge >= 0.3 is 6.18 Å². The van der Waals surface area contributed by atoms with Gasteiger partial charge in [0.1, 0.15) is 5.82 Å². The SMILES string of the molecule is O=C(Nc1ccc(N2CCN(Cc3cccnc3)CC2)nc1)c1cccc(C(F)(F)F)c1. The number of alkyl halides is 3. The number of carbonyl (C=O) groups excluding carboxylic acids is 1. The van der Waals surface area contributed by atoms with E-state index in [1.54, 1.807) is 18.3 Å². The van der Waals surface area contributed by atoms with Crippen molar-refractivity contribution in [3.63, 3.8) is 0 Å². The summed E-state index contributed by atoms with van der Waals surface area (Å²) >= 11 is 0. The van der Waals surface area contributed by atoms with Crippen molar-refractivity contribution in [2.45, 2.75) is 12.7 Å². The van der Waals surface area contributed by atoms with Gasteiger partial charge in [-0.3, -0.25) is 14.7 Å². The molecule has 32 heavy (non-hydrogen) atoms. The number of benzene rings is 1. The van der Waals surface area contributed by atoms with Crippen LogP contribution in [0.15, 0.2) is 67.1 Å². The van der Waals surface area contributed by atoms with Crippen molar-refractivity contribution in [1.82, 2.24) is 14.9 Å². The first-order chi connectivity index (χ1) is 15.4. The number of pyridine rings is 2. The van der Waals surface area contributed by atoms with Crippen molar-refractivity contribution < 1.29 is 18.0 Å². The lowest BCUT2D eigenvalue weighted by atomic mass is 10.1. The second-order valence-electron chi connectivity index (χ2n) is 7.56. The number of halogens is 3. The van der Waals surface area contributed by atoms with E-state index in [2.05, 4.69) is 31.2 Å². The van der Waals surface area contributed by atoms with Crippen molar-refractivity contribution in [1.29, 1.82) is 0 Å². The molecule has 4 rings (SSSR count). The Kier molecular flexibility index (Phi) is 6.36. The number of anilines is 2. The summed E-state index contributed by atoms with van der Waals surface area (Å²) < 4.78 is 38.6. The quantitative estimate of drug-likeness (QED) is 0.647. The molecule has 0 atom stereocenters. The number of amides is 1. The molecule has 3 aromatic rings. The molecule has 166 valence electrons. The summed E-state index contributed by atoms with van der Waals surface area (Å²) in [6, 6.07) is 11.8. The van der Waals surface area contributed by atoms with Crippen LogP contribution in [0.3, 0.4) is 0 Å². The number of carbonyl (C=O) groups is 1. The van der Waals surface area contributed by atoms with Crippen LogP contribution in [-0.4, -0.2) is 47.0 Å². The normalized spacial score (nSPS) is 14.9. The average molecular weight is 441 g/mol. The number of hydrogen-bond donors (Lipinski definition) is 1. The van der Waals surface area contributed by atoms with E-state index in [0.717, 1.165) is 50.7 Å². The molecular formula is C23H22F3N5O. The van der Waals surface area contributed by atoms with Crippen LogP contribution in [0.4, 0.5) is 24.7 Å². The first kappa shape index (κ1) is 21.8. The highest BCUT2D eigenvalue weighted by molar-refractivity contribution is 6.04. The van der Waals surface area contributed by atoms with E-state index in [1.165, 1.54) is 23.9 Å². The van der Waals surface area contributed by atoms with Crippen molar-refractivity contribution in [2.24, 2.45) is 0 Å². The Bertz CT molecular complexity index is 1050. The molecule has 0 spiro atoms. The number of nitrogens with zero attached hydrogens (tertiary/aromatic N) is 4. The Hall–Kier alpha value is -3.46. The first-order valence-corrected chi connectivity index (χ1v) is 10.2. The predicted octanol–water partition coefficient (Wildman–Crippen LogP) is 4.07. The molecule has 1 fully saturated rings. The minimum atomic E-state index is -4.50. The molecule has 1 saturated heterocycles. The highest BCUT2D eigenvalue weighted by Crippen LogP contribution is 2.29. The summed E-state index contributed by atoms with van der Waals surface area (Å²) in [6.45, 7) is 4.29. The van der Waals surface area contributed by atoms with Crippen LogP contribution in [0.2, 0.25) is 0 Å². The van der Waals surface area contributed by atoms with Gasteiger partial charge in [-0.15, -0.1) is 0 Å². The minimum Gasteiger partial charge on any atom is -0.354 e. The fraction of sp³-hybridized carbons (Fsp3) is 0.261. The van der Waals surface area contributed by atoms with Crippen LogP contribution in [-0.2, 0) is 12.7 Å². The van der Waals surface area contributed by atoms with Gasteiger partial charge in [0.2, 0.25) is 0 Å². The van der Waals surface area contributed by atoms with Crippen LogP contribution in [0.25, 0.3) is 0 Å². The summed E-state index contributed by atoms with van der Waals surface area (Å²) in [6.07, 6.45) is 0.656. The van der Waals surface area contributed by atoms with Gasteiger partial charge in [0.25, 0.3) is 5.91 Å². The van der Waals surface area contributed by atoms with E-state index in [0.29, 0.717) is 5.69 Å². The van der Waals surface area contributed by atoms with Crippen molar-refractivity contribution in [3.8, 4) is 0 Å². The van der Waals surface area contributed by atoms with Crippen LogP contribution in [0, 0.1) is 0 Å². The molecule has 1 aromatic carbocycles. The molecule has 1 N–H and O–H groups in total. The van der Waals surface area contributed by atoms with Crippen molar-refractivity contribution in [3.05, 3.63) is 83.8 Å². The van der Waals surface area contributed by atoms with E-state index in [-0.39, 0.29) is 5.56 Å². The molecule has 1 aliphatic heterocycles.